The number of rotatable bonds is 4. The van der Waals surface area contributed by atoms with Crippen molar-refractivity contribution in [1.82, 2.24) is 4.90 Å². The van der Waals surface area contributed by atoms with Crippen molar-refractivity contribution in [2.75, 3.05) is 13.1 Å². The summed E-state index contributed by atoms with van der Waals surface area (Å²) in [6.45, 7) is 8.51. The van der Waals surface area contributed by atoms with Crippen LogP contribution in [0.5, 0.6) is 0 Å². The standard InChI is InChI=1S/C13H18N2O2/c1-5-15(8-6-7-14)13(16)12-9(2)10(3)17-11(12)4/h5-6,8H2,1-4H3. The van der Waals surface area contributed by atoms with Gasteiger partial charge in [-0.2, -0.15) is 5.26 Å². The normalized spacial score (nSPS) is 10.1. The molecule has 4 heteroatoms. The number of nitrogens with zero attached hydrogens (tertiary/aromatic N) is 2. The summed E-state index contributed by atoms with van der Waals surface area (Å²) < 4.78 is 5.45. The third-order valence-electron chi connectivity index (χ3n) is 2.94. The molecule has 1 heterocycles. The number of carbonyl (C=O) groups excluding carboxylic acids is 1. The van der Waals surface area contributed by atoms with Crippen LogP contribution in [0.4, 0.5) is 0 Å². The van der Waals surface area contributed by atoms with E-state index in [1.165, 1.54) is 0 Å². The van der Waals surface area contributed by atoms with E-state index >= 15 is 0 Å². The first kappa shape index (κ1) is 13.3. The van der Waals surface area contributed by atoms with Crippen molar-refractivity contribution in [2.45, 2.75) is 34.1 Å². The highest BCUT2D eigenvalue weighted by Gasteiger charge is 2.22. The highest BCUT2D eigenvalue weighted by atomic mass is 16.3. The summed E-state index contributed by atoms with van der Waals surface area (Å²) >= 11 is 0. The molecule has 1 aromatic heterocycles. The lowest BCUT2D eigenvalue weighted by Crippen LogP contribution is -2.32. The van der Waals surface area contributed by atoms with Gasteiger partial charge in [-0.25, -0.2) is 0 Å². The van der Waals surface area contributed by atoms with E-state index in [4.69, 9.17) is 9.68 Å². The molecule has 4 nitrogen and oxygen atoms in total. The lowest BCUT2D eigenvalue weighted by Gasteiger charge is -2.19. The molecule has 1 rings (SSSR count). The summed E-state index contributed by atoms with van der Waals surface area (Å²) in [7, 11) is 0. The Morgan fingerprint density at radius 3 is 2.41 bits per heavy atom. The van der Waals surface area contributed by atoms with Gasteiger partial charge in [-0.15, -0.1) is 0 Å². The first-order valence-corrected chi connectivity index (χ1v) is 5.75. The van der Waals surface area contributed by atoms with Crippen LogP contribution < -0.4 is 0 Å². The molecular formula is C13H18N2O2. The second-order valence-electron chi connectivity index (χ2n) is 4.01. The molecule has 0 N–H and O–H groups in total. The molecule has 0 bridgehead atoms. The fourth-order valence-corrected chi connectivity index (χ4v) is 1.85. The van der Waals surface area contributed by atoms with Crippen LogP contribution in [0.25, 0.3) is 0 Å². The lowest BCUT2D eigenvalue weighted by molar-refractivity contribution is 0.0765. The van der Waals surface area contributed by atoms with Crippen LogP contribution in [-0.2, 0) is 0 Å². The Bertz CT molecular complexity index is 455. The van der Waals surface area contributed by atoms with E-state index in [-0.39, 0.29) is 5.91 Å². The Morgan fingerprint density at radius 2 is 2.00 bits per heavy atom. The molecular weight excluding hydrogens is 216 g/mol. The van der Waals surface area contributed by atoms with Crippen molar-refractivity contribution >= 4 is 5.91 Å². The Balaban J connectivity index is 2.98. The van der Waals surface area contributed by atoms with Gasteiger partial charge in [-0.05, 0) is 27.7 Å². The fourth-order valence-electron chi connectivity index (χ4n) is 1.85. The average molecular weight is 234 g/mol. The van der Waals surface area contributed by atoms with Gasteiger partial charge in [0.25, 0.3) is 5.91 Å². The topological polar surface area (TPSA) is 57.2 Å². The Kier molecular flexibility index (Phi) is 4.33. The summed E-state index contributed by atoms with van der Waals surface area (Å²) in [5, 5.41) is 8.57. The van der Waals surface area contributed by atoms with Gasteiger partial charge < -0.3 is 9.32 Å². The monoisotopic (exact) mass is 234 g/mol. The molecule has 1 aromatic rings. The van der Waals surface area contributed by atoms with E-state index in [1.54, 1.807) is 11.8 Å². The maximum Gasteiger partial charge on any atom is 0.257 e. The molecule has 0 aliphatic carbocycles. The molecule has 0 saturated carbocycles. The number of hydrogen-bond acceptors (Lipinski definition) is 3. The minimum Gasteiger partial charge on any atom is -0.466 e. The SMILES string of the molecule is CCN(CCC#N)C(=O)c1c(C)oc(C)c1C. The van der Waals surface area contributed by atoms with Crippen molar-refractivity contribution in [3.8, 4) is 6.07 Å². The fraction of sp³-hybridized carbons (Fsp3) is 0.538. The van der Waals surface area contributed by atoms with Gasteiger partial charge in [0.1, 0.15) is 11.5 Å². The van der Waals surface area contributed by atoms with Gasteiger partial charge in [0.2, 0.25) is 0 Å². The molecule has 0 atom stereocenters. The van der Waals surface area contributed by atoms with Crippen molar-refractivity contribution in [2.24, 2.45) is 0 Å². The second kappa shape index (κ2) is 5.53. The molecule has 92 valence electrons. The average Bonchev–Trinajstić information content (AvgIpc) is 2.54. The van der Waals surface area contributed by atoms with Crippen LogP contribution in [0.3, 0.4) is 0 Å². The highest BCUT2D eigenvalue weighted by molar-refractivity contribution is 5.96. The van der Waals surface area contributed by atoms with Gasteiger partial charge in [-0.3, -0.25) is 4.79 Å². The van der Waals surface area contributed by atoms with Crippen LogP contribution in [0.1, 0.15) is 40.8 Å². The molecule has 17 heavy (non-hydrogen) atoms. The minimum absolute atomic E-state index is 0.0467. The Labute approximate surface area is 102 Å². The zero-order valence-electron chi connectivity index (χ0n) is 10.8. The first-order chi connectivity index (χ1) is 8.02. The Hall–Kier alpha value is -1.76. The summed E-state index contributed by atoms with van der Waals surface area (Å²) in [6.07, 6.45) is 0.356. The number of furan rings is 1. The van der Waals surface area contributed by atoms with E-state index in [2.05, 4.69) is 6.07 Å². The predicted molar refractivity (Wildman–Crippen MR) is 64.7 cm³/mol. The van der Waals surface area contributed by atoms with Gasteiger partial charge in [-0.1, -0.05) is 0 Å². The van der Waals surface area contributed by atoms with E-state index in [9.17, 15) is 4.79 Å². The van der Waals surface area contributed by atoms with Crippen LogP contribution >= 0.6 is 0 Å². The van der Waals surface area contributed by atoms with Crippen LogP contribution in [0, 0.1) is 32.1 Å². The zero-order valence-corrected chi connectivity index (χ0v) is 10.8. The molecule has 0 spiro atoms. The highest BCUT2D eigenvalue weighted by Crippen LogP contribution is 2.22. The van der Waals surface area contributed by atoms with Crippen molar-refractivity contribution < 1.29 is 9.21 Å². The smallest absolute Gasteiger partial charge is 0.257 e. The maximum atomic E-state index is 12.3. The van der Waals surface area contributed by atoms with E-state index < -0.39 is 0 Å². The van der Waals surface area contributed by atoms with Gasteiger partial charge in [0.15, 0.2) is 0 Å². The molecule has 0 saturated heterocycles. The molecule has 0 aliphatic heterocycles. The first-order valence-electron chi connectivity index (χ1n) is 5.75. The summed E-state index contributed by atoms with van der Waals surface area (Å²) in [4.78, 5) is 14.0. The van der Waals surface area contributed by atoms with Crippen LogP contribution in [0.2, 0.25) is 0 Å². The van der Waals surface area contributed by atoms with Crippen molar-refractivity contribution in [1.29, 1.82) is 5.26 Å². The Morgan fingerprint density at radius 1 is 1.35 bits per heavy atom. The number of carbonyl (C=O) groups is 1. The number of amides is 1. The largest absolute Gasteiger partial charge is 0.466 e. The predicted octanol–water partition coefficient (Wildman–Crippen LogP) is 2.58. The lowest BCUT2D eigenvalue weighted by atomic mass is 10.1. The second-order valence-corrected chi connectivity index (χ2v) is 4.01. The van der Waals surface area contributed by atoms with Gasteiger partial charge in [0, 0.05) is 18.7 Å². The third kappa shape index (κ3) is 2.68. The van der Waals surface area contributed by atoms with Gasteiger partial charge in [0.05, 0.1) is 18.1 Å². The molecule has 0 fully saturated rings. The molecule has 0 aliphatic rings. The van der Waals surface area contributed by atoms with Crippen LogP contribution in [0.15, 0.2) is 4.42 Å². The molecule has 0 unspecified atom stereocenters. The molecule has 1 amide bonds. The van der Waals surface area contributed by atoms with Crippen molar-refractivity contribution in [3.63, 3.8) is 0 Å². The summed E-state index contributed by atoms with van der Waals surface area (Å²) in [5.41, 5.74) is 1.53. The molecule has 0 aromatic carbocycles. The summed E-state index contributed by atoms with van der Waals surface area (Å²) in [5.74, 6) is 1.39. The zero-order chi connectivity index (χ0) is 13.0. The van der Waals surface area contributed by atoms with E-state index in [1.807, 2.05) is 20.8 Å². The molecule has 0 radical (unpaired) electrons. The minimum atomic E-state index is -0.0467. The van der Waals surface area contributed by atoms with Crippen molar-refractivity contribution in [3.05, 3.63) is 22.6 Å². The summed E-state index contributed by atoms with van der Waals surface area (Å²) in [6, 6.07) is 2.06. The van der Waals surface area contributed by atoms with Crippen LogP contribution in [-0.4, -0.2) is 23.9 Å². The maximum absolute atomic E-state index is 12.3. The quantitative estimate of drug-likeness (QED) is 0.804. The number of hydrogen-bond donors (Lipinski definition) is 0. The number of aryl methyl sites for hydroxylation is 2. The van der Waals surface area contributed by atoms with Gasteiger partial charge >= 0.3 is 0 Å². The van der Waals surface area contributed by atoms with E-state index in [0.717, 1.165) is 11.3 Å². The number of nitriles is 1. The van der Waals surface area contributed by atoms with E-state index in [0.29, 0.717) is 30.8 Å². The third-order valence-corrected chi connectivity index (χ3v) is 2.94.